The molecule has 0 unspecified atom stereocenters. The Bertz CT molecular complexity index is 799. The van der Waals surface area contributed by atoms with E-state index in [4.69, 9.17) is 9.47 Å². The molecule has 5 nitrogen and oxygen atoms in total. The van der Waals surface area contributed by atoms with Gasteiger partial charge in [-0.05, 0) is 30.8 Å². The molecule has 0 saturated carbocycles. The molecule has 0 N–H and O–H groups in total. The number of amides is 1. The van der Waals surface area contributed by atoms with Gasteiger partial charge in [0.05, 0.1) is 11.8 Å². The number of fused-ring (bicyclic) bond motifs is 1. The number of hydrogen-bond acceptors (Lipinski definition) is 5. The SMILES string of the molecule is CN1CCN(C(=O)CSc2ccc3c(c2)OCCO3)[C@@H](c2ccccc2)C1. The molecule has 2 aliphatic heterocycles. The van der Waals surface area contributed by atoms with Crippen molar-refractivity contribution in [1.29, 1.82) is 0 Å². The van der Waals surface area contributed by atoms with Crippen LogP contribution in [0.25, 0.3) is 0 Å². The number of ether oxygens (including phenoxy) is 2. The van der Waals surface area contributed by atoms with E-state index in [0.717, 1.165) is 36.0 Å². The van der Waals surface area contributed by atoms with Gasteiger partial charge in [-0.2, -0.15) is 0 Å². The molecule has 0 radical (unpaired) electrons. The van der Waals surface area contributed by atoms with Crippen LogP contribution in [0.4, 0.5) is 0 Å². The lowest BCUT2D eigenvalue weighted by molar-refractivity contribution is -0.133. The first-order chi connectivity index (χ1) is 13.2. The third-order valence-electron chi connectivity index (χ3n) is 4.96. The number of hydrogen-bond donors (Lipinski definition) is 0. The largest absolute Gasteiger partial charge is 0.486 e. The maximum atomic E-state index is 13.0. The zero-order valence-electron chi connectivity index (χ0n) is 15.5. The number of thioether (sulfide) groups is 1. The first-order valence-electron chi connectivity index (χ1n) is 9.26. The number of carbonyl (C=O) groups is 1. The van der Waals surface area contributed by atoms with Gasteiger partial charge in [-0.1, -0.05) is 30.3 Å². The summed E-state index contributed by atoms with van der Waals surface area (Å²) in [4.78, 5) is 18.3. The van der Waals surface area contributed by atoms with Crippen LogP contribution in [0.2, 0.25) is 0 Å². The Hall–Kier alpha value is -2.18. The molecule has 142 valence electrons. The normalized spacial score (nSPS) is 19.7. The van der Waals surface area contributed by atoms with Crippen LogP contribution in [0.3, 0.4) is 0 Å². The predicted octanol–water partition coefficient (Wildman–Crippen LogP) is 3.07. The van der Waals surface area contributed by atoms with Gasteiger partial charge in [0, 0.05) is 24.5 Å². The van der Waals surface area contributed by atoms with Crippen LogP contribution in [-0.4, -0.2) is 61.4 Å². The maximum Gasteiger partial charge on any atom is 0.233 e. The van der Waals surface area contributed by atoms with E-state index in [1.807, 2.05) is 41.3 Å². The van der Waals surface area contributed by atoms with Crippen molar-refractivity contribution in [2.24, 2.45) is 0 Å². The summed E-state index contributed by atoms with van der Waals surface area (Å²) in [7, 11) is 2.11. The van der Waals surface area contributed by atoms with Gasteiger partial charge in [0.15, 0.2) is 11.5 Å². The Kier molecular flexibility index (Phi) is 5.55. The Labute approximate surface area is 164 Å². The zero-order chi connectivity index (χ0) is 18.6. The molecule has 2 aliphatic rings. The summed E-state index contributed by atoms with van der Waals surface area (Å²) < 4.78 is 11.2. The lowest BCUT2D eigenvalue weighted by atomic mass is 10.0. The molecule has 1 fully saturated rings. The molecule has 2 heterocycles. The van der Waals surface area contributed by atoms with Crippen LogP contribution in [-0.2, 0) is 4.79 Å². The molecule has 1 saturated heterocycles. The number of carbonyl (C=O) groups excluding carboxylic acids is 1. The molecule has 6 heteroatoms. The van der Waals surface area contributed by atoms with Crippen LogP contribution in [0.5, 0.6) is 11.5 Å². The molecular formula is C21H24N2O3S. The van der Waals surface area contributed by atoms with E-state index in [2.05, 4.69) is 24.1 Å². The quantitative estimate of drug-likeness (QED) is 0.758. The average Bonchev–Trinajstić information content (AvgIpc) is 2.72. The van der Waals surface area contributed by atoms with Gasteiger partial charge in [-0.15, -0.1) is 11.8 Å². The van der Waals surface area contributed by atoms with Crippen molar-refractivity contribution in [3.05, 3.63) is 54.1 Å². The molecule has 2 aromatic rings. The minimum atomic E-state index is 0.110. The molecule has 0 aliphatic carbocycles. The fourth-order valence-electron chi connectivity index (χ4n) is 3.52. The molecule has 27 heavy (non-hydrogen) atoms. The molecule has 2 aromatic carbocycles. The van der Waals surface area contributed by atoms with Crippen molar-refractivity contribution in [1.82, 2.24) is 9.80 Å². The predicted molar refractivity (Wildman–Crippen MR) is 107 cm³/mol. The van der Waals surface area contributed by atoms with Crippen LogP contribution in [0.15, 0.2) is 53.4 Å². The molecule has 0 aromatic heterocycles. The number of piperazine rings is 1. The molecule has 4 rings (SSSR count). The molecule has 1 amide bonds. The van der Waals surface area contributed by atoms with E-state index in [1.54, 1.807) is 11.8 Å². The highest BCUT2D eigenvalue weighted by atomic mass is 32.2. The van der Waals surface area contributed by atoms with Crippen molar-refractivity contribution in [3.63, 3.8) is 0 Å². The van der Waals surface area contributed by atoms with E-state index >= 15 is 0 Å². The van der Waals surface area contributed by atoms with Crippen molar-refractivity contribution < 1.29 is 14.3 Å². The van der Waals surface area contributed by atoms with Gasteiger partial charge in [0.25, 0.3) is 0 Å². The van der Waals surface area contributed by atoms with Crippen molar-refractivity contribution >= 4 is 17.7 Å². The summed E-state index contributed by atoms with van der Waals surface area (Å²) in [6, 6.07) is 16.3. The second-order valence-electron chi connectivity index (χ2n) is 6.87. The van der Waals surface area contributed by atoms with E-state index in [-0.39, 0.29) is 11.9 Å². The van der Waals surface area contributed by atoms with E-state index in [1.165, 1.54) is 5.56 Å². The Balaban J connectivity index is 1.43. The van der Waals surface area contributed by atoms with Crippen molar-refractivity contribution in [2.45, 2.75) is 10.9 Å². The zero-order valence-corrected chi connectivity index (χ0v) is 16.3. The monoisotopic (exact) mass is 384 g/mol. The first-order valence-corrected chi connectivity index (χ1v) is 10.2. The first kappa shape index (κ1) is 18.2. The summed E-state index contributed by atoms with van der Waals surface area (Å²) in [6.07, 6.45) is 0. The summed E-state index contributed by atoms with van der Waals surface area (Å²) in [6.45, 7) is 3.69. The fraction of sp³-hybridized carbons (Fsp3) is 0.381. The second kappa shape index (κ2) is 8.23. The third kappa shape index (κ3) is 4.22. The van der Waals surface area contributed by atoms with Gasteiger partial charge in [-0.3, -0.25) is 4.79 Å². The maximum absolute atomic E-state index is 13.0. The molecule has 1 atom stereocenters. The van der Waals surface area contributed by atoms with Crippen LogP contribution >= 0.6 is 11.8 Å². The summed E-state index contributed by atoms with van der Waals surface area (Å²) in [5.41, 5.74) is 1.20. The molecule has 0 bridgehead atoms. The van der Waals surface area contributed by atoms with E-state index in [9.17, 15) is 4.79 Å². The van der Waals surface area contributed by atoms with Crippen LogP contribution < -0.4 is 9.47 Å². The number of benzene rings is 2. The lowest BCUT2D eigenvalue weighted by Crippen LogP contribution is -2.49. The highest BCUT2D eigenvalue weighted by Gasteiger charge is 2.30. The minimum absolute atomic E-state index is 0.110. The van der Waals surface area contributed by atoms with Crippen LogP contribution in [0, 0.1) is 0 Å². The number of likely N-dealkylation sites (N-methyl/N-ethyl adjacent to an activating group) is 1. The average molecular weight is 385 g/mol. The summed E-state index contributed by atoms with van der Waals surface area (Å²) >= 11 is 1.55. The topological polar surface area (TPSA) is 42.0 Å². The van der Waals surface area contributed by atoms with Gasteiger partial charge < -0.3 is 19.3 Å². The minimum Gasteiger partial charge on any atom is -0.486 e. The van der Waals surface area contributed by atoms with Gasteiger partial charge >= 0.3 is 0 Å². The smallest absolute Gasteiger partial charge is 0.233 e. The highest BCUT2D eigenvalue weighted by molar-refractivity contribution is 8.00. The van der Waals surface area contributed by atoms with E-state index in [0.29, 0.717) is 19.0 Å². The Morgan fingerprint density at radius 3 is 2.67 bits per heavy atom. The third-order valence-corrected chi connectivity index (χ3v) is 5.94. The van der Waals surface area contributed by atoms with Gasteiger partial charge in [0.2, 0.25) is 5.91 Å². The van der Waals surface area contributed by atoms with Crippen molar-refractivity contribution in [3.8, 4) is 11.5 Å². The standard InChI is InChI=1S/C21H24N2O3S/c1-22-9-10-23(18(14-22)16-5-3-2-4-6-16)21(24)15-27-17-7-8-19-20(13-17)26-12-11-25-19/h2-8,13,18H,9-12,14-15H2,1H3/t18-/m1/s1. The summed E-state index contributed by atoms with van der Waals surface area (Å²) in [5, 5.41) is 0. The molecule has 0 spiro atoms. The van der Waals surface area contributed by atoms with Gasteiger partial charge in [0.1, 0.15) is 13.2 Å². The Morgan fingerprint density at radius 1 is 1.07 bits per heavy atom. The second-order valence-corrected chi connectivity index (χ2v) is 7.92. The van der Waals surface area contributed by atoms with Crippen LogP contribution in [0.1, 0.15) is 11.6 Å². The number of nitrogens with zero attached hydrogens (tertiary/aromatic N) is 2. The molecular weight excluding hydrogens is 360 g/mol. The van der Waals surface area contributed by atoms with Gasteiger partial charge in [-0.25, -0.2) is 0 Å². The van der Waals surface area contributed by atoms with Crippen molar-refractivity contribution in [2.75, 3.05) is 45.6 Å². The lowest BCUT2D eigenvalue weighted by Gasteiger charge is -2.40. The highest BCUT2D eigenvalue weighted by Crippen LogP contribution is 2.34. The Morgan fingerprint density at radius 2 is 1.85 bits per heavy atom. The number of rotatable bonds is 4. The van der Waals surface area contributed by atoms with E-state index < -0.39 is 0 Å². The summed E-state index contributed by atoms with van der Waals surface area (Å²) in [5.74, 6) is 2.14. The fourth-order valence-corrected chi connectivity index (χ4v) is 4.33.